The molecule has 6 rings (SSSR count). The number of aromatic amines is 1. The predicted octanol–water partition coefficient (Wildman–Crippen LogP) is 2.84. The van der Waals surface area contributed by atoms with Crippen LogP contribution in [-0.2, 0) is 27.2 Å². The number of hydrogen-bond donors (Lipinski definition) is 2. The molecule has 0 bridgehead atoms. The number of fused-ring (bicyclic) bond motifs is 1. The first kappa shape index (κ1) is 26.6. The predicted molar refractivity (Wildman–Crippen MR) is 153 cm³/mol. The number of morpholine rings is 1. The third-order valence-electron chi connectivity index (χ3n) is 7.37. The van der Waals surface area contributed by atoms with Gasteiger partial charge in [-0.15, -0.1) is 0 Å². The number of amides is 1. The Kier molecular flexibility index (Phi) is 7.43. The number of carbonyl (C=O) groups excluding carboxylic acids is 2. The van der Waals surface area contributed by atoms with Gasteiger partial charge in [-0.1, -0.05) is 30.8 Å². The number of hydrogen-bond acceptors (Lipinski definition) is 8. The number of pyridine rings is 1. The van der Waals surface area contributed by atoms with Crippen molar-refractivity contribution in [1.82, 2.24) is 25.3 Å². The second-order valence-corrected chi connectivity index (χ2v) is 10.3. The largest absolute Gasteiger partial charge is 0.378 e. The molecule has 0 unspecified atom stereocenters. The van der Waals surface area contributed by atoms with Crippen molar-refractivity contribution in [2.75, 3.05) is 49.2 Å². The van der Waals surface area contributed by atoms with E-state index < -0.39 is 5.95 Å². The topological polar surface area (TPSA) is 116 Å². The summed E-state index contributed by atoms with van der Waals surface area (Å²) in [7, 11) is 0. The van der Waals surface area contributed by atoms with Gasteiger partial charge in [-0.05, 0) is 29.3 Å². The summed E-state index contributed by atoms with van der Waals surface area (Å²) in [4.78, 5) is 44.7. The van der Waals surface area contributed by atoms with E-state index in [9.17, 15) is 14.0 Å². The lowest BCUT2D eigenvalue weighted by Crippen LogP contribution is -2.59. The van der Waals surface area contributed by atoms with E-state index in [1.165, 1.54) is 12.1 Å². The van der Waals surface area contributed by atoms with E-state index in [1.807, 2.05) is 29.2 Å². The van der Waals surface area contributed by atoms with E-state index in [1.54, 1.807) is 12.4 Å². The van der Waals surface area contributed by atoms with Gasteiger partial charge in [0.2, 0.25) is 11.9 Å². The molecule has 210 valence electrons. The summed E-state index contributed by atoms with van der Waals surface area (Å²) in [5, 5.41) is 3.77. The first-order chi connectivity index (χ1) is 19.9. The molecule has 2 saturated heterocycles. The average Bonchev–Trinajstić information content (AvgIpc) is 3.39. The fourth-order valence-corrected chi connectivity index (χ4v) is 5.25. The highest BCUT2D eigenvalue weighted by Gasteiger charge is 2.28. The second kappa shape index (κ2) is 11.5. The Hall–Kier alpha value is -4.64. The number of H-pyrrole nitrogens is 1. The van der Waals surface area contributed by atoms with Crippen LogP contribution in [0, 0.1) is 5.95 Å². The monoisotopic (exact) mass is 555 g/mol. The van der Waals surface area contributed by atoms with E-state index >= 15 is 0 Å². The molecule has 5 heterocycles. The Morgan fingerprint density at radius 2 is 1.85 bits per heavy atom. The van der Waals surface area contributed by atoms with Crippen molar-refractivity contribution in [3.63, 3.8) is 0 Å². The molecule has 10 nitrogen and oxygen atoms in total. The van der Waals surface area contributed by atoms with Gasteiger partial charge in [0.1, 0.15) is 23.6 Å². The Labute approximate surface area is 236 Å². The molecule has 0 saturated carbocycles. The fourth-order valence-electron chi connectivity index (χ4n) is 5.25. The molecule has 11 heteroatoms. The van der Waals surface area contributed by atoms with Gasteiger partial charge in [0.05, 0.1) is 30.3 Å². The maximum Gasteiger partial charge on any atom is 0.243 e. The zero-order chi connectivity index (χ0) is 28.3. The van der Waals surface area contributed by atoms with Crippen LogP contribution >= 0.6 is 0 Å². The molecule has 2 aliphatic rings. The average molecular weight is 556 g/mol. The molecule has 0 aliphatic carbocycles. The number of anilines is 2. The Balaban J connectivity index is 1.09. The van der Waals surface area contributed by atoms with Gasteiger partial charge in [0.25, 0.3) is 0 Å². The molecular weight excluding hydrogens is 525 g/mol. The maximum atomic E-state index is 14.2. The molecule has 1 aromatic carbocycles. The number of halogens is 1. The first-order valence-electron chi connectivity index (χ1n) is 13.6. The first-order valence-corrected chi connectivity index (χ1v) is 13.6. The summed E-state index contributed by atoms with van der Waals surface area (Å²) in [5.74, 6) is -0.0282. The number of nitrogens with one attached hydrogen (secondary N) is 2. The number of ether oxygens (including phenoxy) is 1. The van der Waals surface area contributed by atoms with Crippen LogP contribution in [0.4, 0.5) is 15.9 Å². The number of aromatic nitrogens is 4. The third-order valence-corrected chi connectivity index (χ3v) is 7.37. The summed E-state index contributed by atoms with van der Waals surface area (Å²) in [6.45, 7) is 7.49. The number of benzene rings is 1. The molecule has 0 atom stereocenters. The molecule has 3 aromatic heterocycles. The SMILES string of the molecule is C=CC(=O)NC1CN(c2cc(F)nc(CC(=O)Cc3ccc(-c4cc5c(N6CCOCC6)ncnc5[nH]4)cc3)c2)C1. The molecular formula is C30H30FN7O3. The Bertz CT molecular complexity index is 1590. The van der Waals surface area contributed by atoms with Gasteiger partial charge in [0.15, 0.2) is 0 Å². The zero-order valence-corrected chi connectivity index (χ0v) is 22.5. The van der Waals surface area contributed by atoms with Crippen LogP contribution < -0.4 is 15.1 Å². The molecule has 4 aromatic rings. The molecule has 2 N–H and O–H groups in total. The summed E-state index contributed by atoms with van der Waals surface area (Å²) in [5.41, 5.74) is 4.56. The van der Waals surface area contributed by atoms with E-state index in [2.05, 4.69) is 42.8 Å². The second-order valence-electron chi connectivity index (χ2n) is 10.3. The van der Waals surface area contributed by atoms with Gasteiger partial charge in [-0.3, -0.25) is 9.59 Å². The van der Waals surface area contributed by atoms with Crippen LogP contribution in [0.25, 0.3) is 22.3 Å². The van der Waals surface area contributed by atoms with Crippen molar-refractivity contribution < 1.29 is 18.7 Å². The Morgan fingerprint density at radius 1 is 1.07 bits per heavy atom. The lowest BCUT2D eigenvalue weighted by molar-refractivity contribution is -0.118. The quantitative estimate of drug-likeness (QED) is 0.239. The van der Waals surface area contributed by atoms with Crippen molar-refractivity contribution in [2.45, 2.75) is 18.9 Å². The highest BCUT2D eigenvalue weighted by molar-refractivity contribution is 5.92. The van der Waals surface area contributed by atoms with Crippen molar-refractivity contribution in [2.24, 2.45) is 0 Å². The molecule has 1 amide bonds. The highest BCUT2D eigenvalue weighted by Crippen LogP contribution is 2.29. The molecule has 0 radical (unpaired) electrons. The van der Waals surface area contributed by atoms with Crippen LogP contribution in [-0.4, -0.2) is 77.1 Å². The summed E-state index contributed by atoms with van der Waals surface area (Å²) >= 11 is 0. The lowest BCUT2D eigenvalue weighted by atomic mass is 10.0. The van der Waals surface area contributed by atoms with Crippen LogP contribution in [0.5, 0.6) is 0 Å². The third kappa shape index (κ3) is 5.94. The van der Waals surface area contributed by atoms with Crippen molar-refractivity contribution in [3.8, 4) is 11.3 Å². The minimum absolute atomic E-state index is 0.0195. The lowest BCUT2D eigenvalue weighted by Gasteiger charge is -2.41. The summed E-state index contributed by atoms with van der Waals surface area (Å²) in [6, 6.07) is 12.9. The van der Waals surface area contributed by atoms with Crippen molar-refractivity contribution in [1.29, 1.82) is 0 Å². The fraction of sp³-hybridized carbons (Fsp3) is 0.300. The van der Waals surface area contributed by atoms with E-state index in [4.69, 9.17) is 4.74 Å². The van der Waals surface area contributed by atoms with Crippen LogP contribution in [0.2, 0.25) is 0 Å². The van der Waals surface area contributed by atoms with Crippen LogP contribution in [0.15, 0.2) is 61.4 Å². The Morgan fingerprint density at radius 3 is 2.61 bits per heavy atom. The van der Waals surface area contributed by atoms with Crippen LogP contribution in [0.3, 0.4) is 0 Å². The highest BCUT2D eigenvalue weighted by atomic mass is 19.1. The van der Waals surface area contributed by atoms with Crippen molar-refractivity contribution in [3.05, 3.63) is 78.7 Å². The normalized spacial score (nSPS) is 15.5. The van der Waals surface area contributed by atoms with Gasteiger partial charge in [-0.25, -0.2) is 15.0 Å². The van der Waals surface area contributed by atoms with Crippen LogP contribution in [0.1, 0.15) is 11.3 Å². The number of nitrogens with zero attached hydrogens (tertiary/aromatic N) is 5. The number of rotatable bonds is 9. The summed E-state index contributed by atoms with van der Waals surface area (Å²) in [6.07, 6.45) is 3.04. The smallest absolute Gasteiger partial charge is 0.243 e. The zero-order valence-electron chi connectivity index (χ0n) is 22.5. The standard InChI is InChI=1S/C30H30FN7O3/c1-2-28(40)35-22-16-38(17-22)23-12-21(34-27(31)14-23)13-24(39)11-19-3-5-20(6-4-19)26-15-25-29(36-26)32-18-33-30(25)37-7-9-41-10-8-37/h2-6,12,14-15,18,22H,1,7-11,13,16-17H2,(H,35,40)(H,32,33,36). The molecule has 0 spiro atoms. The molecule has 41 heavy (non-hydrogen) atoms. The molecule has 2 fully saturated rings. The minimum Gasteiger partial charge on any atom is -0.378 e. The summed E-state index contributed by atoms with van der Waals surface area (Å²) < 4.78 is 19.7. The van der Waals surface area contributed by atoms with E-state index in [0.29, 0.717) is 37.7 Å². The van der Waals surface area contributed by atoms with Gasteiger partial charge in [-0.2, -0.15) is 4.39 Å². The van der Waals surface area contributed by atoms with Crippen molar-refractivity contribution >= 4 is 34.2 Å². The van der Waals surface area contributed by atoms with Gasteiger partial charge >= 0.3 is 0 Å². The number of Topliss-reactive ketones (excluding diaryl/α,β-unsaturated/α-hetero) is 1. The van der Waals surface area contributed by atoms with Gasteiger partial charge in [0, 0.05) is 56.5 Å². The minimum atomic E-state index is -0.631. The number of ketones is 1. The number of carbonyl (C=O) groups is 2. The van der Waals surface area contributed by atoms with E-state index in [0.717, 1.165) is 46.8 Å². The van der Waals surface area contributed by atoms with Gasteiger partial charge < -0.3 is 24.8 Å². The maximum absolute atomic E-state index is 14.2. The van der Waals surface area contributed by atoms with E-state index in [-0.39, 0.29) is 30.6 Å². The molecule has 2 aliphatic heterocycles.